The number of nitrogens with zero attached hydrogens (tertiary/aromatic N) is 1. The maximum atomic E-state index is 12.9. The third-order valence-corrected chi connectivity index (χ3v) is 7.47. The molecule has 0 unspecified atom stereocenters. The van der Waals surface area contributed by atoms with E-state index in [1.807, 2.05) is 31.2 Å². The number of amides is 1. The predicted octanol–water partition coefficient (Wildman–Crippen LogP) is 2.95. The molecule has 1 aliphatic rings. The number of thiophene rings is 1. The Morgan fingerprint density at radius 1 is 1.16 bits per heavy atom. The van der Waals surface area contributed by atoms with Crippen LogP contribution in [0.15, 0.2) is 46.7 Å². The van der Waals surface area contributed by atoms with Crippen molar-refractivity contribution < 1.29 is 13.2 Å². The number of sulfonamides is 1. The largest absolute Gasteiger partial charge is 0.341 e. The highest BCUT2D eigenvalue weighted by Gasteiger charge is 2.32. The molecule has 0 radical (unpaired) electrons. The first-order valence-corrected chi connectivity index (χ1v) is 10.8. The number of hydrogen-bond donors (Lipinski definition) is 1. The second-order valence-electron chi connectivity index (χ2n) is 6.07. The SMILES string of the molecule is CCc1ccc(S(=O)(=O)N[C@H](C(=O)N2CCCC2)c2ccccc2)s1. The molecule has 1 saturated heterocycles. The summed E-state index contributed by atoms with van der Waals surface area (Å²) in [6, 6.07) is 11.6. The van der Waals surface area contributed by atoms with Crippen molar-refractivity contribution >= 4 is 27.3 Å². The molecule has 1 aromatic heterocycles. The van der Waals surface area contributed by atoms with Gasteiger partial charge < -0.3 is 4.90 Å². The summed E-state index contributed by atoms with van der Waals surface area (Å²) < 4.78 is 28.5. The summed E-state index contributed by atoms with van der Waals surface area (Å²) in [4.78, 5) is 15.7. The van der Waals surface area contributed by atoms with Crippen LogP contribution in [0.2, 0.25) is 0 Å². The van der Waals surface area contributed by atoms with Gasteiger partial charge in [-0.2, -0.15) is 4.72 Å². The molecule has 3 rings (SSSR count). The number of hydrogen-bond acceptors (Lipinski definition) is 4. The van der Waals surface area contributed by atoms with Crippen LogP contribution in [-0.2, 0) is 21.2 Å². The van der Waals surface area contributed by atoms with Crippen molar-refractivity contribution in [1.82, 2.24) is 9.62 Å². The average molecular weight is 379 g/mol. The summed E-state index contributed by atoms with van der Waals surface area (Å²) in [5.41, 5.74) is 0.662. The lowest BCUT2D eigenvalue weighted by atomic mass is 10.1. The summed E-state index contributed by atoms with van der Waals surface area (Å²) in [6.45, 7) is 3.35. The van der Waals surface area contributed by atoms with Crippen molar-refractivity contribution in [2.24, 2.45) is 0 Å². The van der Waals surface area contributed by atoms with Gasteiger partial charge in [-0.05, 0) is 37.0 Å². The van der Waals surface area contributed by atoms with E-state index in [0.717, 1.165) is 24.1 Å². The van der Waals surface area contributed by atoms with Crippen LogP contribution in [0, 0.1) is 0 Å². The fourth-order valence-electron chi connectivity index (χ4n) is 2.93. The molecular formula is C18H22N2O3S2. The molecule has 0 saturated carbocycles. The molecule has 2 aromatic rings. The molecule has 1 aromatic carbocycles. The molecule has 0 spiro atoms. The van der Waals surface area contributed by atoms with Crippen molar-refractivity contribution in [3.8, 4) is 0 Å². The monoisotopic (exact) mass is 378 g/mol. The van der Waals surface area contributed by atoms with Crippen LogP contribution in [0.25, 0.3) is 0 Å². The summed E-state index contributed by atoms with van der Waals surface area (Å²) in [5.74, 6) is -0.181. The third kappa shape index (κ3) is 4.11. The first-order chi connectivity index (χ1) is 12.0. The number of nitrogens with one attached hydrogen (secondary N) is 1. The van der Waals surface area contributed by atoms with Gasteiger partial charge >= 0.3 is 0 Å². The Kier molecular flexibility index (Phi) is 5.56. The highest BCUT2D eigenvalue weighted by atomic mass is 32.2. The van der Waals surface area contributed by atoms with Crippen molar-refractivity contribution in [2.45, 2.75) is 36.4 Å². The van der Waals surface area contributed by atoms with Crippen LogP contribution < -0.4 is 4.72 Å². The molecule has 1 amide bonds. The molecule has 1 atom stereocenters. The quantitative estimate of drug-likeness (QED) is 0.840. The van der Waals surface area contributed by atoms with Gasteiger partial charge in [-0.3, -0.25) is 4.79 Å². The van der Waals surface area contributed by atoms with Crippen molar-refractivity contribution in [3.63, 3.8) is 0 Å². The average Bonchev–Trinajstić information content (AvgIpc) is 3.31. The Labute approximate surface area is 152 Å². The summed E-state index contributed by atoms with van der Waals surface area (Å²) in [6.07, 6.45) is 2.71. The van der Waals surface area contributed by atoms with Gasteiger partial charge in [-0.25, -0.2) is 8.42 Å². The fourth-order valence-corrected chi connectivity index (χ4v) is 5.42. The van der Waals surface area contributed by atoms with E-state index in [4.69, 9.17) is 0 Å². The smallest absolute Gasteiger partial charge is 0.251 e. The minimum atomic E-state index is -3.75. The first kappa shape index (κ1) is 18.1. The standard InChI is InChI=1S/C18H22N2O3S2/c1-2-15-10-11-16(24-15)25(22,23)19-17(14-8-4-3-5-9-14)18(21)20-12-6-7-13-20/h3-5,8-11,17,19H,2,6-7,12-13H2,1H3/t17-/m0/s1. The lowest BCUT2D eigenvalue weighted by molar-refractivity contribution is -0.132. The van der Waals surface area contributed by atoms with E-state index in [1.165, 1.54) is 11.3 Å². The highest BCUT2D eigenvalue weighted by molar-refractivity contribution is 7.91. The topological polar surface area (TPSA) is 66.5 Å². The van der Waals surface area contributed by atoms with Gasteiger partial charge in [0.2, 0.25) is 5.91 Å². The molecule has 1 N–H and O–H groups in total. The van der Waals surface area contributed by atoms with Crippen molar-refractivity contribution in [2.75, 3.05) is 13.1 Å². The van der Waals surface area contributed by atoms with Crippen LogP contribution >= 0.6 is 11.3 Å². The van der Waals surface area contributed by atoms with Crippen LogP contribution in [0.3, 0.4) is 0 Å². The van der Waals surface area contributed by atoms with Crippen LogP contribution in [0.4, 0.5) is 0 Å². The normalized spacial score (nSPS) is 16.1. The highest BCUT2D eigenvalue weighted by Crippen LogP contribution is 2.26. The van der Waals surface area contributed by atoms with Gasteiger partial charge in [-0.1, -0.05) is 37.3 Å². The molecule has 5 nitrogen and oxygen atoms in total. The zero-order chi connectivity index (χ0) is 17.9. The number of carbonyl (C=O) groups excluding carboxylic acids is 1. The Bertz CT molecular complexity index is 825. The minimum absolute atomic E-state index is 0.181. The van der Waals surface area contributed by atoms with E-state index in [1.54, 1.807) is 23.1 Å². The van der Waals surface area contributed by atoms with E-state index < -0.39 is 16.1 Å². The molecule has 7 heteroatoms. The van der Waals surface area contributed by atoms with E-state index in [-0.39, 0.29) is 10.1 Å². The molecule has 2 heterocycles. The Balaban J connectivity index is 1.90. The molecular weight excluding hydrogens is 356 g/mol. The second kappa shape index (κ2) is 7.68. The van der Waals surface area contributed by atoms with Crippen LogP contribution in [-0.4, -0.2) is 32.3 Å². The molecule has 134 valence electrons. The van der Waals surface area contributed by atoms with Gasteiger partial charge in [0.15, 0.2) is 0 Å². The van der Waals surface area contributed by atoms with E-state index >= 15 is 0 Å². The maximum Gasteiger partial charge on any atom is 0.251 e. The van der Waals surface area contributed by atoms with Crippen molar-refractivity contribution in [1.29, 1.82) is 0 Å². The lowest BCUT2D eigenvalue weighted by Crippen LogP contribution is -2.41. The summed E-state index contributed by atoms with van der Waals surface area (Å²) in [7, 11) is -3.75. The Morgan fingerprint density at radius 3 is 2.44 bits per heavy atom. The Hall–Kier alpha value is -1.70. The number of rotatable bonds is 6. The zero-order valence-electron chi connectivity index (χ0n) is 14.1. The molecule has 25 heavy (non-hydrogen) atoms. The molecule has 0 bridgehead atoms. The van der Waals surface area contributed by atoms with Crippen LogP contribution in [0.5, 0.6) is 0 Å². The first-order valence-electron chi connectivity index (χ1n) is 8.46. The molecule has 1 fully saturated rings. The summed E-state index contributed by atoms with van der Waals surface area (Å²) >= 11 is 1.25. The zero-order valence-corrected chi connectivity index (χ0v) is 15.8. The van der Waals surface area contributed by atoms with Crippen molar-refractivity contribution in [3.05, 3.63) is 52.9 Å². The number of likely N-dealkylation sites (tertiary alicyclic amines) is 1. The lowest BCUT2D eigenvalue weighted by Gasteiger charge is -2.24. The van der Waals surface area contributed by atoms with E-state index in [9.17, 15) is 13.2 Å². The van der Waals surface area contributed by atoms with E-state index in [2.05, 4.69) is 4.72 Å². The van der Waals surface area contributed by atoms with Gasteiger partial charge in [-0.15, -0.1) is 11.3 Å². The fraction of sp³-hybridized carbons (Fsp3) is 0.389. The molecule has 0 aliphatic carbocycles. The second-order valence-corrected chi connectivity index (χ2v) is 9.18. The van der Waals surface area contributed by atoms with Gasteiger partial charge in [0.25, 0.3) is 10.0 Å². The predicted molar refractivity (Wildman–Crippen MR) is 99.0 cm³/mol. The van der Waals surface area contributed by atoms with Gasteiger partial charge in [0.05, 0.1) is 0 Å². The third-order valence-electron chi connectivity index (χ3n) is 4.32. The number of aryl methyl sites for hydroxylation is 1. The maximum absolute atomic E-state index is 12.9. The van der Waals surface area contributed by atoms with Gasteiger partial charge in [0, 0.05) is 18.0 Å². The number of carbonyl (C=O) groups is 1. The number of benzene rings is 1. The minimum Gasteiger partial charge on any atom is -0.341 e. The van der Waals surface area contributed by atoms with Gasteiger partial charge in [0.1, 0.15) is 10.3 Å². The summed E-state index contributed by atoms with van der Waals surface area (Å²) in [5, 5.41) is 0. The Morgan fingerprint density at radius 2 is 1.84 bits per heavy atom. The molecule has 1 aliphatic heterocycles. The van der Waals surface area contributed by atoms with E-state index in [0.29, 0.717) is 18.7 Å². The van der Waals surface area contributed by atoms with Crippen LogP contribution in [0.1, 0.15) is 36.2 Å².